The first kappa shape index (κ1) is 14.8. The van der Waals surface area contributed by atoms with Crippen LogP contribution in [0.3, 0.4) is 0 Å². The molecule has 0 aromatic heterocycles. The highest BCUT2D eigenvalue weighted by atomic mass is 32.2. The molecule has 116 valence electrons. The molecule has 5 nitrogen and oxygen atoms in total. The molecule has 3 fully saturated rings. The summed E-state index contributed by atoms with van der Waals surface area (Å²) in [5.41, 5.74) is -0.130. The van der Waals surface area contributed by atoms with E-state index in [1.807, 2.05) is 6.92 Å². The van der Waals surface area contributed by atoms with Gasteiger partial charge in [0.05, 0.1) is 18.0 Å². The maximum atomic E-state index is 12.5. The third kappa shape index (κ3) is 2.63. The fourth-order valence-corrected chi connectivity index (χ4v) is 5.51. The Morgan fingerprint density at radius 3 is 2.85 bits per heavy atom. The van der Waals surface area contributed by atoms with Crippen LogP contribution in [-0.4, -0.2) is 57.0 Å². The van der Waals surface area contributed by atoms with E-state index in [-0.39, 0.29) is 16.8 Å². The van der Waals surface area contributed by atoms with Crippen LogP contribution in [0.2, 0.25) is 0 Å². The summed E-state index contributed by atoms with van der Waals surface area (Å²) in [7, 11) is -3.08. The Labute approximate surface area is 121 Å². The molecule has 0 bridgehead atoms. The third-order valence-electron chi connectivity index (χ3n) is 4.85. The normalized spacial score (nSPS) is 35.8. The number of hydrogen-bond acceptors (Lipinski definition) is 4. The molecule has 2 atom stereocenters. The van der Waals surface area contributed by atoms with Gasteiger partial charge < -0.3 is 9.47 Å². The summed E-state index contributed by atoms with van der Waals surface area (Å²) < 4.78 is 38.3. The Bertz CT molecular complexity index is 448. The quantitative estimate of drug-likeness (QED) is 0.770. The van der Waals surface area contributed by atoms with Crippen molar-refractivity contribution in [3.8, 4) is 0 Å². The van der Waals surface area contributed by atoms with Crippen molar-refractivity contribution in [3.05, 3.63) is 0 Å². The maximum Gasteiger partial charge on any atom is 0.217 e. The summed E-state index contributed by atoms with van der Waals surface area (Å²) >= 11 is 0. The van der Waals surface area contributed by atoms with Gasteiger partial charge in [-0.25, -0.2) is 12.7 Å². The maximum absolute atomic E-state index is 12.5. The van der Waals surface area contributed by atoms with Crippen LogP contribution in [0.1, 0.15) is 39.0 Å². The van der Waals surface area contributed by atoms with Crippen LogP contribution in [0.15, 0.2) is 0 Å². The lowest BCUT2D eigenvalue weighted by Gasteiger charge is -2.49. The summed E-state index contributed by atoms with van der Waals surface area (Å²) in [6.45, 7) is 5.26. The predicted octanol–water partition coefficient (Wildman–Crippen LogP) is 1.39. The zero-order valence-electron chi connectivity index (χ0n) is 12.2. The van der Waals surface area contributed by atoms with Crippen molar-refractivity contribution in [2.75, 3.05) is 32.9 Å². The van der Waals surface area contributed by atoms with Gasteiger partial charge in [0, 0.05) is 31.7 Å². The number of sulfonamides is 1. The molecule has 0 N–H and O–H groups in total. The minimum absolute atomic E-state index is 0.118. The van der Waals surface area contributed by atoms with Gasteiger partial charge in [0.15, 0.2) is 0 Å². The number of rotatable bonds is 5. The number of ether oxygens (including phenoxy) is 2. The van der Waals surface area contributed by atoms with Gasteiger partial charge in [-0.2, -0.15) is 0 Å². The van der Waals surface area contributed by atoms with E-state index in [1.54, 1.807) is 4.31 Å². The van der Waals surface area contributed by atoms with Gasteiger partial charge in [0.2, 0.25) is 10.0 Å². The molecule has 0 aromatic rings. The third-order valence-corrected chi connectivity index (χ3v) is 7.20. The molecule has 2 aliphatic heterocycles. The smallest absolute Gasteiger partial charge is 0.217 e. The standard InChI is InChI=1S/C14H25NO4S/c1-2-18-11-14-7-3-9-19-13(14)6-8-15(10-14)20(16,17)12-4-5-12/h12-13H,2-11H2,1H3/t13-,14-/m0/s1. The highest BCUT2D eigenvalue weighted by Gasteiger charge is 2.51. The minimum atomic E-state index is -3.08. The molecule has 0 aromatic carbocycles. The molecule has 1 saturated carbocycles. The van der Waals surface area contributed by atoms with Crippen molar-refractivity contribution >= 4 is 10.0 Å². The molecule has 2 saturated heterocycles. The molecule has 2 heterocycles. The average molecular weight is 303 g/mol. The van der Waals surface area contributed by atoms with Crippen LogP contribution in [0.4, 0.5) is 0 Å². The largest absolute Gasteiger partial charge is 0.381 e. The first-order valence-corrected chi connectivity index (χ1v) is 9.27. The van der Waals surface area contributed by atoms with E-state index in [0.29, 0.717) is 26.3 Å². The van der Waals surface area contributed by atoms with Crippen molar-refractivity contribution in [3.63, 3.8) is 0 Å². The molecule has 0 radical (unpaired) electrons. The zero-order valence-corrected chi connectivity index (χ0v) is 13.0. The molecule has 0 amide bonds. The highest BCUT2D eigenvalue weighted by molar-refractivity contribution is 7.90. The molecule has 20 heavy (non-hydrogen) atoms. The van der Waals surface area contributed by atoms with Gasteiger partial charge in [-0.3, -0.25) is 0 Å². The Kier molecular flexibility index (Phi) is 4.10. The number of piperidine rings is 1. The van der Waals surface area contributed by atoms with Gasteiger partial charge in [-0.1, -0.05) is 0 Å². The summed E-state index contributed by atoms with van der Waals surface area (Å²) in [6.07, 6.45) is 4.64. The Balaban J connectivity index is 1.78. The van der Waals surface area contributed by atoms with Gasteiger partial charge in [-0.15, -0.1) is 0 Å². The molecule has 0 spiro atoms. The van der Waals surface area contributed by atoms with Gasteiger partial charge in [0.1, 0.15) is 0 Å². The van der Waals surface area contributed by atoms with Crippen LogP contribution < -0.4 is 0 Å². The summed E-state index contributed by atoms with van der Waals surface area (Å²) in [6, 6.07) is 0. The Morgan fingerprint density at radius 2 is 2.15 bits per heavy atom. The average Bonchev–Trinajstić information content (AvgIpc) is 3.29. The lowest BCUT2D eigenvalue weighted by atomic mass is 9.73. The first-order chi connectivity index (χ1) is 9.58. The Hall–Kier alpha value is -0.170. The lowest BCUT2D eigenvalue weighted by Crippen LogP contribution is -2.58. The summed E-state index contributed by atoms with van der Waals surface area (Å²) in [5.74, 6) is 0. The summed E-state index contributed by atoms with van der Waals surface area (Å²) in [5, 5.41) is -0.118. The van der Waals surface area contributed by atoms with Gasteiger partial charge >= 0.3 is 0 Å². The Morgan fingerprint density at radius 1 is 1.35 bits per heavy atom. The molecule has 3 rings (SSSR count). The predicted molar refractivity (Wildman–Crippen MR) is 76.0 cm³/mol. The molecule has 0 unspecified atom stereocenters. The van der Waals surface area contributed by atoms with Crippen molar-refractivity contribution in [1.82, 2.24) is 4.31 Å². The van der Waals surface area contributed by atoms with Crippen LogP contribution in [0.5, 0.6) is 0 Å². The van der Waals surface area contributed by atoms with Crippen molar-refractivity contribution in [2.45, 2.75) is 50.4 Å². The number of nitrogens with zero attached hydrogens (tertiary/aromatic N) is 1. The van der Waals surface area contributed by atoms with E-state index in [9.17, 15) is 8.42 Å². The minimum Gasteiger partial charge on any atom is -0.381 e. The van der Waals surface area contributed by atoms with E-state index in [4.69, 9.17) is 9.47 Å². The molecule has 1 aliphatic carbocycles. The van der Waals surface area contributed by atoms with Crippen molar-refractivity contribution in [2.24, 2.45) is 5.41 Å². The van der Waals surface area contributed by atoms with Crippen LogP contribution in [-0.2, 0) is 19.5 Å². The highest BCUT2D eigenvalue weighted by Crippen LogP contribution is 2.43. The van der Waals surface area contributed by atoms with Gasteiger partial charge in [-0.05, 0) is 39.0 Å². The van der Waals surface area contributed by atoms with E-state index < -0.39 is 10.0 Å². The van der Waals surface area contributed by atoms with E-state index in [0.717, 1.165) is 38.7 Å². The SMILES string of the molecule is CCOC[C@@]12CCCO[C@H]1CCN(S(=O)(=O)C1CC1)C2. The van der Waals surface area contributed by atoms with Gasteiger partial charge in [0.25, 0.3) is 0 Å². The second-order valence-electron chi connectivity index (χ2n) is 6.33. The van der Waals surface area contributed by atoms with Crippen LogP contribution in [0.25, 0.3) is 0 Å². The number of fused-ring (bicyclic) bond motifs is 1. The monoisotopic (exact) mass is 303 g/mol. The molecular formula is C14H25NO4S. The second-order valence-corrected chi connectivity index (χ2v) is 8.54. The first-order valence-electron chi connectivity index (χ1n) is 7.77. The van der Waals surface area contributed by atoms with E-state index in [1.165, 1.54) is 0 Å². The van der Waals surface area contributed by atoms with Crippen molar-refractivity contribution < 1.29 is 17.9 Å². The van der Waals surface area contributed by atoms with E-state index in [2.05, 4.69) is 0 Å². The van der Waals surface area contributed by atoms with Crippen molar-refractivity contribution in [1.29, 1.82) is 0 Å². The molecule has 3 aliphatic rings. The second kappa shape index (κ2) is 5.55. The number of hydrogen-bond donors (Lipinski definition) is 0. The zero-order chi connectivity index (χ0) is 14.2. The molecule has 6 heteroatoms. The fourth-order valence-electron chi connectivity index (χ4n) is 3.56. The fraction of sp³-hybridized carbons (Fsp3) is 1.00. The van der Waals surface area contributed by atoms with E-state index >= 15 is 0 Å². The lowest BCUT2D eigenvalue weighted by molar-refractivity contribution is -0.141. The van der Waals surface area contributed by atoms with Crippen LogP contribution >= 0.6 is 0 Å². The topological polar surface area (TPSA) is 55.8 Å². The molecular weight excluding hydrogens is 278 g/mol. The summed E-state index contributed by atoms with van der Waals surface area (Å²) in [4.78, 5) is 0. The van der Waals surface area contributed by atoms with Crippen LogP contribution in [0, 0.1) is 5.41 Å².